The Kier molecular flexibility index (Phi) is 4.16. The lowest BCUT2D eigenvalue weighted by Gasteiger charge is -2.32. The van der Waals surface area contributed by atoms with Crippen molar-refractivity contribution in [3.05, 3.63) is 34.1 Å². The lowest BCUT2D eigenvalue weighted by atomic mass is 9.96. The minimum atomic E-state index is -0.527. The highest BCUT2D eigenvalue weighted by molar-refractivity contribution is 5.73. The van der Waals surface area contributed by atoms with Gasteiger partial charge in [0.15, 0.2) is 0 Å². The van der Waals surface area contributed by atoms with Crippen LogP contribution in [0.3, 0.4) is 0 Å². The van der Waals surface area contributed by atoms with Crippen LogP contribution >= 0.6 is 0 Å². The van der Waals surface area contributed by atoms with Crippen LogP contribution in [-0.2, 0) is 9.53 Å². The number of nitro groups is 1. The summed E-state index contributed by atoms with van der Waals surface area (Å²) in [6, 6.07) is 3.40. The third-order valence-corrected chi connectivity index (χ3v) is 3.50. The van der Waals surface area contributed by atoms with Gasteiger partial charge in [-0.15, -0.1) is 0 Å². The predicted molar refractivity (Wildman–Crippen MR) is 70.0 cm³/mol. The Morgan fingerprint density at radius 3 is 2.65 bits per heavy atom. The molecule has 0 radical (unpaired) electrons. The Bertz CT molecular complexity index is 527. The van der Waals surface area contributed by atoms with Gasteiger partial charge in [-0.1, -0.05) is 0 Å². The minimum Gasteiger partial charge on any atom is -0.469 e. The maximum atomic E-state index is 13.3. The highest BCUT2D eigenvalue weighted by atomic mass is 19.1. The molecule has 2 rings (SSSR count). The maximum absolute atomic E-state index is 13.3. The van der Waals surface area contributed by atoms with E-state index in [1.807, 2.05) is 0 Å². The van der Waals surface area contributed by atoms with Crippen LogP contribution in [0.1, 0.15) is 12.8 Å². The van der Waals surface area contributed by atoms with Crippen molar-refractivity contribution in [2.24, 2.45) is 5.92 Å². The quantitative estimate of drug-likeness (QED) is 0.482. The molecule has 0 N–H and O–H groups in total. The van der Waals surface area contributed by atoms with E-state index in [0.29, 0.717) is 25.9 Å². The Balaban J connectivity index is 2.16. The lowest BCUT2D eigenvalue weighted by molar-refractivity contribution is -0.384. The fraction of sp³-hybridized carbons (Fsp3) is 0.462. The molecule has 6 nitrogen and oxygen atoms in total. The number of nitrogens with zero attached hydrogens (tertiary/aromatic N) is 2. The van der Waals surface area contributed by atoms with Gasteiger partial charge in [-0.05, 0) is 18.9 Å². The number of esters is 1. The van der Waals surface area contributed by atoms with Crippen LogP contribution in [0.15, 0.2) is 18.2 Å². The Morgan fingerprint density at radius 2 is 2.10 bits per heavy atom. The van der Waals surface area contributed by atoms with Crippen molar-refractivity contribution in [2.45, 2.75) is 12.8 Å². The first-order chi connectivity index (χ1) is 9.52. The Morgan fingerprint density at radius 1 is 1.45 bits per heavy atom. The second-order valence-corrected chi connectivity index (χ2v) is 4.67. The molecular formula is C13H15FN2O4. The van der Waals surface area contributed by atoms with Crippen molar-refractivity contribution in [1.82, 2.24) is 0 Å². The molecule has 108 valence electrons. The number of ether oxygens (including phenoxy) is 1. The zero-order valence-corrected chi connectivity index (χ0v) is 11.0. The monoisotopic (exact) mass is 282 g/mol. The first kappa shape index (κ1) is 14.2. The summed E-state index contributed by atoms with van der Waals surface area (Å²) in [6.07, 6.45) is 1.08. The number of nitro benzene ring substituents is 1. The third kappa shape index (κ3) is 2.87. The number of piperidine rings is 1. The number of rotatable bonds is 3. The molecule has 20 heavy (non-hydrogen) atoms. The molecule has 1 aromatic rings. The van der Waals surface area contributed by atoms with Crippen LogP contribution in [0.25, 0.3) is 0 Å². The van der Waals surface area contributed by atoms with Crippen LogP contribution < -0.4 is 4.90 Å². The van der Waals surface area contributed by atoms with Crippen LogP contribution in [0.5, 0.6) is 0 Å². The molecule has 0 amide bonds. The van der Waals surface area contributed by atoms with Crippen molar-refractivity contribution in [3.63, 3.8) is 0 Å². The van der Waals surface area contributed by atoms with E-state index < -0.39 is 10.7 Å². The molecule has 1 heterocycles. The summed E-state index contributed by atoms with van der Waals surface area (Å²) in [7, 11) is 1.34. The second-order valence-electron chi connectivity index (χ2n) is 4.67. The zero-order chi connectivity index (χ0) is 14.7. The van der Waals surface area contributed by atoms with E-state index in [-0.39, 0.29) is 23.3 Å². The molecule has 0 spiro atoms. The molecule has 0 aromatic heterocycles. The van der Waals surface area contributed by atoms with Crippen molar-refractivity contribution in [1.29, 1.82) is 0 Å². The van der Waals surface area contributed by atoms with Gasteiger partial charge in [-0.2, -0.15) is 0 Å². The van der Waals surface area contributed by atoms with Crippen molar-refractivity contribution in [3.8, 4) is 0 Å². The summed E-state index contributed by atoms with van der Waals surface area (Å²) < 4.78 is 18.0. The van der Waals surface area contributed by atoms with Gasteiger partial charge in [0.25, 0.3) is 5.69 Å². The summed E-state index contributed by atoms with van der Waals surface area (Å²) in [5, 5.41) is 11.0. The van der Waals surface area contributed by atoms with E-state index in [4.69, 9.17) is 0 Å². The smallest absolute Gasteiger partial charge is 0.308 e. The van der Waals surface area contributed by atoms with Crippen LogP contribution in [-0.4, -0.2) is 31.1 Å². The molecule has 0 atom stereocenters. The SMILES string of the molecule is COC(=O)C1CCN(c2cc(F)ccc2[N+](=O)[O-])CC1. The number of anilines is 1. The second kappa shape index (κ2) is 5.85. The largest absolute Gasteiger partial charge is 0.469 e. The molecular weight excluding hydrogens is 267 g/mol. The Hall–Kier alpha value is -2.18. The number of carbonyl (C=O) groups excluding carboxylic acids is 1. The molecule has 0 bridgehead atoms. The highest BCUT2D eigenvalue weighted by Gasteiger charge is 2.28. The molecule has 1 fully saturated rings. The fourth-order valence-corrected chi connectivity index (χ4v) is 2.43. The summed E-state index contributed by atoms with van der Waals surface area (Å²) in [4.78, 5) is 23.6. The van der Waals surface area contributed by atoms with Gasteiger partial charge in [0.2, 0.25) is 0 Å². The molecule has 1 aliphatic heterocycles. The van der Waals surface area contributed by atoms with Crippen molar-refractivity contribution in [2.75, 3.05) is 25.1 Å². The van der Waals surface area contributed by atoms with Crippen LogP contribution in [0.2, 0.25) is 0 Å². The normalized spacial score (nSPS) is 16.0. The molecule has 7 heteroatoms. The number of methoxy groups -OCH3 is 1. The van der Waals surface area contributed by atoms with Crippen LogP contribution in [0, 0.1) is 21.8 Å². The van der Waals surface area contributed by atoms with Gasteiger partial charge in [-0.25, -0.2) is 4.39 Å². The zero-order valence-electron chi connectivity index (χ0n) is 11.0. The average molecular weight is 282 g/mol. The fourth-order valence-electron chi connectivity index (χ4n) is 2.43. The molecule has 1 saturated heterocycles. The Labute approximate surface area is 115 Å². The summed E-state index contributed by atoms with van der Waals surface area (Å²) >= 11 is 0. The topological polar surface area (TPSA) is 72.7 Å². The third-order valence-electron chi connectivity index (χ3n) is 3.50. The lowest BCUT2D eigenvalue weighted by Crippen LogP contribution is -2.37. The molecule has 0 aliphatic carbocycles. The van der Waals surface area contributed by atoms with Gasteiger partial charge in [-0.3, -0.25) is 14.9 Å². The molecule has 0 saturated carbocycles. The van der Waals surface area contributed by atoms with E-state index >= 15 is 0 Å². The summed E-state index contributed by atoms with van der Waals surface area (Å²) in [5.41, 5.74) is 0.140. The van der Waals surface area contributed by atoms with Gasteiger partial charge < -0.3 is 9.64 Å². The van der Waals surface area contributed by atoms with Crippen molar-refractivity contribution < 1.29 is 18.8 Å². The molecule has 1 aromatic carbocycles. The number of hydrogen-bond donors (Lipinski definition) is 0. The average Bonchev–Trinajstić information content (AvgIpc) is 2.46. The van der Waals surface area contributed by atoms with E-state index in [9.17, 15) is 19.3 Å². The maximum Gasteiger partial charge on any atom is 0.308 e. The first-order valence-corrected chi connectivity index (χ1v) is 6.29. The number of halogens is 1. The van der Waals surface area contributed by atoms with Gasteiger partial charge >= 0.3 is 5.97 Å². The highest BCUT2D eigenvalue weighted by Crippen LogP contribution is 2.32. The summed E-state index contributed by atoms with van der Waals surface area (Å²) in [5.74, 6) is -0.969. The van der Waals surface area contributed by atoms with E-state index in [1.54, 1.807) is 4.90 Å². The molecule has 1 aliphatic rings. The van der Waals surface area contributed by atoms with E-state index in [1.165, 1.54) is 7.11 Å². The summed E-state index contributed by atoms with van der Waals surface area (Å²) in [6.45, 7) is 0.925. The molecule has 0 unspecified atom stereocenters. The van der Waals surface area contributed by atoms with Gasteiger partial charge in [0.05, 0.1) is 18.0 Å². The standard InChI is InChI=1S/C13H15FN2O4/c1-20-13(17)9-4-6-15(7-5-9)12-8-10(14)2-3-11(12)16(18)19/h2-3,8-9H,4-7H2,1H3. The number of benzene rings is 1. The van der Waals surface area contributed by atoms with Gasteiger partial charge in [0.1, 0.15) is 11.5 Å². The predicted octanol–water partition coefficient (Wildman–Crippen LogP) is 2.12. The van der Waals surface area contributed by atoms with E-state index in [2.05, 4.69) is 4.74 Å². The minimum absolute atomic E-state index is 0.122. The first-order valence-electron chi connectivity index (χ1n) is 6.29. The van der Waals surface area contributed by atoms with Crippen molar-refractivity contribution >= 4 is 17.3 Å². The van der Waals surface area contributed by atoms with Crippen LogP contribution in [0.4, 0.5) is 15.8 Å². The van der Waals surface area contributed by atoms with Gasteiger partial charge in [0, 0.05) is 25.2 Å². The number of hydrogen-bond acceptors (Lipinski definition) is 5. The number of carbonyl (C=O) groups is 1. The van der Waals surface area contributed by atoms with E-state index in [0.717, 1.165) is 18.2 Å².